The van der Waals surface area contributed by atoms with Crippen LogP contribution in [0.1, 0.15) is 19.4 Å². The van der Waals surface area contributed by atoms with Crippen LogP contribution < -0.4 is 20.1 Å². The van der Waals surface area contributed by atoms with Crippen LogP contribution in [0.3, 0.4) is 0 Å². The number of aliphatic hydroxyl groups excluding tert-OH is 1. The van der Waals surface area contributed by atoms with Gasteiger partial charge in [0, 0.05) is 18.2 Å². The molecule has 0 fully saturated rings. The molecule has 0 bridgehead atoms. The van der Waals surface area contributed by atoms with Crippen molar-refractivity contribution >= 4 is 11.8 Å². The van der Waals surface area contributed by atoms with E-state index in [-0.39, 0.29) is 30.3 Å². The molecule has 182 valence electrons. The normalized spacial score (nSPS) is 12.4. The fraction of sp³-hybridized carbons (Fsp3) is 0.333. The zero-order valence-corrected chi connectivity index (χ0v) is 19.1. The maximum atomic E-state index is 12.7. The van der Waals surface area contributed by atoms with Crippen molar-refractivity contribution in [3.63, 3.8) is 0 Å². The Balaban J connectivity index is 1.93. The maximum Gasteiger partial charge on any atom is 0.573 e. The van der Waals surface area contributed by atoms with Gasteiger partial charge in [0.2, 0.25) is 5.95 Å². The first-order chi connectivity index (χ1) is 16.2. The number of alkyl halides is 3. The van der Waals surface area contributed by atoms with Crippen LogP contribution in [-0.2, 0) is 6.54 Å². The van der Waals surface area contributed by atoms with Gasteiger partial charge < -0.3 is 25.2 Å². The van der Waals surface area contributed by atoms with Crippen molar-refractivity contribution < 1.29 is 27.8 Å². The van der Waals surface area contributed by atoms with Crippen LogP contribution in [0.2, 0.25) is 0 Å². The number of ether oxygens (including phenoxy) is 2. The molecule has 10 heteroatoms. The standard InChI is InChI=1S/C24H27F3N4O3/c1-15(2)21(14-32)30-23-29-20(17-7-5-9-19(11-17)34-24(25,26)27)12-22(31-23)28-13-16-6-4-8-18(10-16)33-3/h4-12,15,21,32H,13-14H2,1-3H3,(H2,28,29,30,31)/t21-/m0/s1. The Morgan fingerprint density at radius 3 is 2.41 bits per heavy atom. The van der Waals surface area contributed by atoms with E-state index in [9.17, 15) is 18.3 Å². The summed E-state index contributed by atoms with van der Waals surface area (Å²) >= 11 is 0. The third kappa shape index (κ3) is 7.24. The lowest BCUT2D eigenvalue weighted by molar-refractivity contribution is -0.274. The van der Waals surface area contributed by atoms with Crippen LogP contribution in [0, 0.1) is 5.92 Å². The quantitative estimate of drug-likeness (QED) is 0.376. The van der Waals surface area contributed by atoms with E-state index in [0.29, 0.717) is 29.4 Å². The first kappa shape index (κ1) is 25.1. The summed E-state index contributed by atoms with van der Waals surface area (Å²) in [5.74, 6) is 1.15. The molecule has 3 rings (SSSR count). The van der Waals surface area contributed by atoms with Gasteiger partial charge in [-0.15, -0.1) is 13.2 Å². The summed E-state index contributed by atoms with van der Waals surface area (Å²) in [7, 11) is 1.59. The SMILES string of the molecule is COc1cccc(CNc2cc(-c3cccc(OC(F)(F)F)c3)nc(N[C@@H](CO)C(C)C)n2)c1. The Morgan fingerprint density at radius 1 is 1.00 bits per heavy atom. The molecule has 0 radical (unpaired) electrons. The van der Waals surface area contributed by atoms with Crippen molar-refractivity contribution in [1.82, 2.24) is 9.97 Å². The van der Waals surface area contributed by atoms with E-state index in [1.807, 2.05) is 38.1 Å². The lowest BCUT2D eigenvalue weighted by atomic mass is 10.1. The molecule has 0 aliphatic rings. The Kier molecular flexibility index (Phi) is 8.17. The molecule has 0 amide bonds. The Hall–Kier alpha value is -3.53. The van der Waals surface area contributed by atoms with Crippen LogP contribution in [-0.4, -0.2) is 41.2 Å². The van der Waals surface area contributed by atoms with Gasteiger partial charge in [-0.25, -0.2) is 4.98 Å². The molecule has 2 aromatic carbocycles. The summed E-state index contributed by atoms with van der Waals surface area (Å²) in [5.41, 5.74) is 1.76. The minimum atomic E-state index is -4.80. The number of hydrogen-bond acceptors (Lipinski definition) is 7. The van der Waals surface area contributed by atoms with E-state index in [2.05, 4.69) is 25.3 Å². The van der Waals surface area contributed by atoms with Crippen LogP contribution in [0.15, 0.2) is 54.6 Å². The van der Waals surface area contributed by atoms with Gasteiger partial charge in [-0.3, -0.25) is 0 Å². The van der Waals surface area contributed by atoms with Crippen molar-refractivity contribution in [2.45, 2.75) is 32.8 Å². The van der Waals surface area contributed by atoms with Crippen molar-refractivity contribution in [1.29, 1.82) is 0 Å². The monoisotopic (exact) mass is 476 g/mol. The summed E-state index contributed by atoms with van der Waals surface area (Å²) in [6, 6.07) is 14.4. The predicted octanol–water partition coefficient (Wildman–Crippen LogP) is 5.09. The second kappa shape index (κ2) is 11.1. The van der Waals surface area contributed by atoms with Crippen molar-refractivity contribution in [3.05, 3.63) is 60.2 Å². The smallest absolute Gasteiger partial charge is 0.497 e. The van der Waals surface area contributed by atoms with E-state index in [1.54, 1.807) is 19.2 Å². The lowest BCUT2D eigenvalue weighted by Crippen LogP contribution is -2.30. The van der Waals surface area contributed by atoms with Crippen molar-refractivity contribution in [2.75, 3.05) is 24.4 Å². The predicted molar refractivity (Wildman–Crippen MR) is 124 cm³/mol. The van der Waals surface area contributed by atoms with Gasteiger partial charge in [0.1, 0.15) is 17.3 Å². The van der Waals surface area contributed by atoms with Crippen LogP contribution in [0.25, 0.3) is 11.3 Å². The highest BCUT2D eigenvalue weighted by atomic mass is 19.4. The molecule has 0 unspecified atom stereocenters. The number of anilines is 2. The van der Waals surface area contributed by atoms with Crippen LogP contribution in [0.4, 0.5) is 24.9 Å². The van der Waals surface area contributed by atoms with E-state index in [1.165, 1.54) is 18.2 Å². The molecule has 3 N–H and O–H groups in total. The number of rotatable bonds is 10. The summed E-state index contributed by atoms with van der Waals surface area (Å²) in [4.78, 5) is 8.95. The third-order valence-corrected chi connectivity index (χ3v) is 5.01. The number of hydrogen-bond donors (Lipinski definition) is 3. The highest BCUT2D eigenvalue weighted by Gasteiger charge is 2.31. The number of aliphatic hydroxyl groups is 1. The molecule has 0 spiro atoms. The van der Waals surface area contributed by atoms with E-state index >= 15 is 0 Å². The fourth-order valence-electron chi connectivity index (χ4n) is 3.17. The van der Waals surface area contributed by atoms with E-state index in [0.717, 1.165) is 5.56 Å². The number of methoxy groups -OCH3 is 1. The topological polar surface area (TPSA) is 88.5 Å². The first-order valence-electron chi connectivity index (χ1n) is 10.7. The van der Waals surface area contributed by atoms with Gasteiger partial charge in [-0.2, -0.15) is 4.98 Å². The molecule has 1 atom stereocenters. The van der Waals surface area contributed by atoms with Crippen LogP contribution >= 0.6 is 0 Å². The highest BCUT2D eigenvalue weighted by Crippen LogP contribution is 2.29. The molecule has 0 saturated carbocycles. The molecule has 0 aliphatic heterocycles. The molecule has 0 saturated heterocycles. The van der Waals surface area contributed by atoms with Gasteiger partial charge in [0.15, 0.2) is 0 Å². The van der Waals surface area contributed by atoms with E-state index < -0.39 is 6.36 Å². The van der Waals surface area contributed by atoms with Crippen molar-refractivity contribution in [2.24, 2.45) is 5.92 Å². The Labute approximate surface area is 196 Å². The second-order valence-electron chi connectivity index (χ2n) is 7.92. The number of benzene rings is 2. The fourth-order valence-corrected chi connectivity index (χ4v) is 3.17. The van der Waals surface area contributed by atoms with Gasteiger partial charge in [0.25, 0.3) is 0 Å². The summed E-state index contributed by atoms with van der Waals surface area (Å²) in [6.45, 7) is 4.18. The first-order valence-corrected chi connectivity index (χ1v) is 10.7. The van der Waals surface area contributed by atoms with Crippen molar-refractivity contribution in [3.8, 4) is 22.8 Å². The zero-order chi connectivity index (χ0) is 24.7. The zero-order valence-electron chi connectivity index (χ0n) is 19.1. The Bertz CT molecular complexity index is 1090. The van der Waals surface area contributed by atoms with Gasteiger partial charge in [-0.05, 0) is 35.7 Å². The molecular weight excluding hydrogens is 449 g/mol. The van der Waals surface area contributed by atoms with Crippen LogP contribution in [0.5, 0.6) is 11.5 Å². The lowest BCUT2D eigenvalue weighted by Gasteiger charge is -2.21. The number of aromatic nitrogens is 2. The molecule has 0 aliphatic carbocycles. The highest BCUT2D eigenvalue weighted by molar-refractivity contribution is 5.66. The summed E-state index contributed by atoms with van der Waals surface area (Å²) < 4.78 is 47.3. The number of halogens is 3. The largest absolute Gasteiger partial charge is 0.573 e. The maximum absolute atomic E-state index is 12.7. The van der Waals surface area contributed by atoms with Gasteiger partial charge in [0.05, 0.1) is 25.5 Å². The second-order valence-corrected chi connectivity index (χ2v) is 7.92. The minimum absolute atomic E-state index is 0.0916. The summed E-state index contributed by atoms with van der Waals surface area (Å²) in [6.07, 6.45) is -4.80. The average molecular weight is 476 g/mol. The molecule has 3 aromatic rings. The number of nitrogens with zero attached hydrogens (tertiary/aromatic N) is 2. The molecule has 34 heavy (non-hydrogen) atoms. The van der Waals surface area contributed by atoms with Gasteiger partial charge in [-0.1, -0.05) is 38.1 Å². The minimum Gasteiger partial charge on any atom is -0.497 e. The van der Waals surface area contributed by atoms with E-state index in [4.69, 9.17) is 4.74 Å². The Morgan fingerprint density at radius 2 is 1.74 bits per heavy atom. The third-order valence-electron chi connectivity index (χ3n) is 5.01. The van der Waals surface area contributed by atoms with Gasteiger partial charge >= 0.3 is 6.36 Å². The molecule has 1 heterocycles. The molecule has 7 nitrogen and oxygen atoms in total. The number of nitrogens with one attached hydrogen (secondary N) is 2. The molecular formula is C24H27F3N4O3. The molecule has 1 aromatic heterocycles. The average Bonchev–Trinajstić information content (AvgIpc) is 2.80. The summed E-state index contributed by atoms with van der Waals surface area (Å²) in [5, 5.41) is 16.0.